The molecule has 0 radical (unpaired) electrons. The number of carbonyl (C=O) groups excluding carboxylic acids is 2. The van der Waals surface area contributed by atoms with E-state index in [4.69, 9.17) is 0 Å². The summed E-state index contributed by atoms with van der Waals surface area (Å²) in [5, 5.41) is 15.2. The third-order valence-corrected chi connectivity index (χ3v) is 5.50. The smallest absolute Gasteiger partial charge is 0.257 e. The lowest BCUT2D eigenvalue weighted by atomic mass is 10.1. The molecule has 1 heterocycles. The van der Waals surface area contributed by atoms with Crippen molar-refractivity contribution in [1.82, 2.24) is 10.2 Å². The first-order chi connectivity index (χ1) is 15.2. The van der Waals surface area contributed by atoms with E-state index in [9.17, 15) is 9.59 Å². The van der Waals surface area contributed by atoms with E-state index in [1.54, 1.807) is 36.4 Å². The number of aryl methyl sites for hydroxylation is 2. The molecule has 4 aromatic rings. The molecule has 0 saturated carbocycles. The number of nitrogens with zero attached hydrogens (tertiary/aromatic N) is 2. The van der Waals surface area contributed by atoms with Crippen molar-refractivity contribution in [3.8, 4) is 0 Å². The maximum atomic E-state index is 12.5. The first kappa shape index (κ1) is 20.4. The summed E-state index contributed by atoms with van der Waals surface area (Å²) in [4.78, 5) is 24.7. The van der Waals surface area contributed by atoms with Crippen molar-refractivity contribution in [1.29, 1.82) is 0 Å². The summed E-state index contributed by atoms with van der Waals surface area (Å²) in [6.07, 6.45) is 1.65. The molecular weight excluding hydrogens is 408 g/mol. The topological polar surface area (TPSA) is 84.0 Å². The van der Waals surface area contributed by atoms with Crippen LogP contribution in [0.3, 0.4) is 0 Å². The molecule has 0 aliphatic heterocycles. The molecule has 0 spiro atoms. The molecule has 154 valence electrons. The Morgan fingerprint density at radius 3 is 2.00 bits per heavy atom. The van der Waals surface area contributed by atoms with Crippen molar-refractivity contribution in [2.75, 3.05) is 10.6 Å². The van der Waals surface area contributed by atoms with Gasteiger partial charge in [0.05, 0.1) is 0 Å². The lowest BCUT2D eigenvalue weighted by Crippen LogP contribution is -2.13. The van der Waals surface area contributed by atoms with Crippen molar-refractivity contribution in [3.63, 3.8) is 0 Å². The number of anilines is 2. The maximum absolute atomic E-state index is 12.5. The molecule has 0 atom stereocenters. The van der Waals surface area contributed by atoms with Crippen LogP contribution < -0.4 is 10.6 Å². The second kappa shape index (κ2) is 9.77. The van der Waals surface area contributed by atoms with Crippen LogP contribution in [-0.4, -0.2) is 22.0 Å². The van der Waals surface area contributed by atoms with E-state index in [0.717, 1.165) is 17.8 Å². The number of carbonyl (C=O) groups is 2. The van der Waals surface area contributed by atoms with E-state index in [1.165, 1.54) is 16.9 Å². The predicted molar refractivity (Wildman–Crippen MR) is 123 cm³/mol. The van der Waals surface area contributed by atoms with Gasteiger partial charge in [0.25, 0.3) is 11.8 Å². The molecule has 1 aromatic heterocycles. The van der Waals surface area contributed by atoms with Crippen LogP contribution in [0.25, 0.3) is 0 Å². The van der Waals surface area contributed by atoms with Gasteiger partial charge in [0.15, 0.2) is 0 Å². The van der Waals surface area contributed by atoms with Crippen LogP contribution in [0.15, 0.2) is 84.9 Å². The summed E-state index contributed by atoms with van der Waals surface area (Å²) >= 11 is 1.37. The second-order valence-corrected chi connectivity index (χ2v) is 7.90. The lowest BCUT2D eigenvalue weighted by Gasteiger charge is -2.06. The largest absolute Gasteiger partial charge is 0.322 e. The molecule has 0 aliphatic rings. The molecule has 0 aliphatic carbocycles. The summed E-state index contributed by atoms with van der Waals surface area (Å²) in [6, 6.07) is 25.8. The number of hydrogen-bond donors (Lipinski definition) is 2. The van der Waals surface area contributed by atoms with E-state index in [1.807, 2.05) is 36.4 Å². The molecule has 6 nitrogen and oxygen atoms in total. The van der Waals surface area contributed by atoms with Gasteiger partial charge in [-0.3, -0.25) is 14.9 Å². The first-order valence-corrected chi connectivity index (χ1v) is 10.6. The van der Waals surface area contributed by atoms with Crippen molar-refractivity contribution < 1.29 is 9.59 Å². The Hall–Kier alpha value is -3.84. The zero-order valence-corrected chi connectivity index (χ0v) is 17.4. The molecule has 2 amide bonds. The average Bonchev–Trinajstić information content (AvgIpc) is 3.26. The Bertz CT molecular complexity index is 1160. The minimum absolute atomic E-state index is 0.199. The van der Waals surface area contributed by atoms with Crippen LogP contribution in [-0.2, 0) is 12.8 Å². The van der Waals surface area contributed by atoms with Crippen LogP contribution in [0.5, 0.6) is 0 Å². The van der Waals surface area contributed by atoms with Gasteiger partial charge in [0.2, 0.25) is 5.13 Å². The number of amides is 2. The van der Waals surface area contributed by atoms with Gasteiger partial charge in [-0.25, -0.2) is 0 Å². The van der Waals surface area contributed by atoms with Crippen LogP contribution in [0, 0.1) is 0 Å². The minimum atomic E-state index is -0.272. The third kappa shape index (κ3) is 5.61. The summed E-state index contributed by atoms with van der Waals surface area (Å²) in [7, 11) is 0. The average molecular weight is 429 g/mol. The van der Waals surface area contributed by atoms with Gasteiger partial charge in [0.1, 0.15) is 5.01 Å². The fourth-order valence-electron chi connectivity index (χ4n) is 2.97. The van der Waals surface area contributed by atoms with Gasteiger partial charge in [0, 0.05) is 23.2 Å². The Balaban J connectivity index is 1.31. The highest BCUT2D eigenvalue weighted by Gasteiger charge is 2.11. The van der Waals surface area contributed by atoms with E-state index >= 15 is 0 Å². The van der Waals surface area contributed by atoms with Gasteiger partial charge in [-0.2, -0.15) is 0 Å². The summed E-state index contributed by atoms with van der Waals surface area (Å²) in [5.41, 5.74) is 2.90. The summed E-state index contributed by atoms with van der Waals surface area (Å²) in [6.45, 7) is 0. The summed E-state index contributed by atoms with van der Waals surface area (Å²) in [5.74, 6) is -0.471. The SMILES string of the molecule is O=C(Nc1ccc(C(=O)Nc2nnc(CCc3ccccc3)s2)cc1)c1ccccc1. The highest BCUT2D eigenvalue weighted by molar-refractivity contribution is 7.15. The van der Waals surface area contributed by atoms with Crippen LogP contribution >= 0.6 is 11.3 Å². The molecule has 7 heteroatoms. The molecule has 3 aromatic carbocycles. The number of aromatic nitrogens is 2. The molecule has 0 saturated heterocycles. The number of nitrogens with one attached hydrogen (secondary N) is 2. The fourth-order valence-corrected chi connectivity index (χ4v) is 3.70. The molecule has 0 unspecified atom stereocenters. The number of hydrogen-bond acceptors (Lipinski definition) is 5. The van der Waals surface area contributed by atoms with E-state index in [-0.39, 0.29) is 11.8 Å². The monoisotopic (exact) mass is 428 g/mol. The standard InChI is InChI=1S/C24H20N4O2S/c29-22(18-9-5-2-6-10-18)25-20-14-12-19(13-15-20)23(30)26-24-28-27-21(31-24)16-11-17-7-3-1-4-8-17/h1-10,12-15H,11,16H2,(H,25,29)(H,26,28,30). The van der Waals surface area contributed by atoms with E-state index in [2.05, 4.69) is 33.0 Å². The van der Waals surface area contributed by atoms with E-state index in [0.29, 0.717) is 21.9 Å². The molecule has 0 bridgehead atoms. The molecular formula is C24H20N4O2S. The predicted octanol–water partition coefficient (Wildman–Crippen LogP) is 4.83. The van der Waals surface area contributed by atoms with Gasteiger partial charge in [-0.1, -0.05) is 59.9 Å². The zero-order chi connectivity index (χ0) is 21.5. The molecule has 2 N–H and O–H groups in total. The minimum Gasteiger partial charge on any atom is -0.322 e. The normalized spacial score (nSPS) is 10.5. The summed E-state index contributed by atoms with van der Waals surface area (Å²) < 4.78 is 0. The van der Waals surface area contributed by atoms with Crippen molar-refractivity contribution in [2.45, 2.75) is 12.8 Å². The maximum Gasteiger partial charge on any atom is 0.257 e. The zero-order valence-electron chi connectivity index (χ0n) is 16.6. The van der Waals surface area contributed by atoms with Gasteiger partial charge in [-0.05, 0) is 48.4 Å². The number of benzene rings is 3. The van der Waals surface area contributed by atoms with Crippen LogP contribution in [0.1, 0.15) is 31.3 Å². The highest BCUT2D eigenvalue weighted by Crippen LogP contribution is 2.19. The quantitative estimate of drug-likeness (QED) is 0.442. The van der Waals surface area contributed by atoms with E-state index < -0.39 is 0 Å². The van der Waals surface area contributed by atoms with Crippen LogP contribution in [0.2, 0.25) is 0 Å². The second-order valence-electron chi connectivity index (χ2n) is 6.84. The number of rotatable bonds is 7. The molecule has 4 rings (SSSR count). The Morgan fingerprint density at radius 1 is 0.677 bits per heavy atom. The van der Waals surface area contributed by atoms with Gasteiger partial charge < -0.3 is 5.32 Å². The van der Waals surface area contributed by atoms with Crippen LogP contribution in [0.4, 0.5) is 10.8 Å². The lowest BCUT2D eigenvalue weighted by molar-refractivity contribution is 0.102. The third-order valence-electron chi connectivity index (χ3n) is 4.60. The van der Waals surface area contributed by atoms with Crippen molar-refractivity contribution in [2.24, 2.45) is 0 Å². The highest BCUT2D eigenvalue weighted by atomic mass is 32.1. The molecule has 31 heavy (non-hydrogen) atoms. The fraction of sp³-hybridized carbons (Fsp3) is 0.0833. The van der Waals surface area contributed by atoms with Crippen molar-refractivity contribution >= 4 is 34.0 Å². The van der Waals surface area contributed by atoms with Gasteiger partial charge >= 0.3 is 0 Å². The van der Waals surface area contributed by atoms with Crippen molar-refractivity contribution in [3.05, 3.63) is 107 Å². The first-order valence-electron chi connectivity index (χ1n) is 9.81. The molecule has 0 fully saturated rings. The Labute approximate surface area is 184 Å². The Kier molecular flexibility index (Phi) is 6.44. The Morgan fingerprint density at radius 2 is 1.29 bits per heavy atom. The van der Waals surface area contributed by atoms with Gasteiger partial charge in [-0.15, -0.1) is 10.2 Å².